The molecule has 1 N–H and O–H groups in total. The normalized spacial score (nSPS) is 10.4. The summed E-state index contributed by atoms with van der Waals surface area (Å²) in [7, 11) is 0. The average molecular weight is 362 g/mol. The second-order valence-corrected chi connectivity index (χ2v) is 6.49. The van der Waals surface area contributed by atoms with Crippen molar-refractivity contribution in [3.8, 4) is 0 Å². The number of hydrogen-bond acceptors (Lipinski definition) is 6. The zero-order valence-corrected chi connectivity index (χ0v) is 14.9. The largest absolute Gasteiger partial charge is 0.462 e. The van der Waals surface area contributed by atoms with E-state index in [1.165, 1.54) is 0 Å². The van der Waals surface area contributed by atoms with E-state index in [0.717, 1.165) is 34.1 Å². The fourth-order valence-electron chi connectivity index (χ4n) is 2.26. The molecule has 0 aliphatic carbocycles. The van der Waals surface area contributed by atoms with Crippen LogP contribution in [0, 0.1) is 24.0 Å². The van der Waals surface area contributed by atoms with Gasteiger partial charge in [0.15, 0.2) is 0 Å². The number of nitrogens with one attached hydrogen (secondary N) is 1. The van der Waals surface area contributed by atoms with Gasteiger partial charge in [-0.3, -0.25) is 14.9 Å². The van der Waals surface area contributed by atoms with Gasteiger partial charge in [-0.25, -0.2) is 4.79 Å². The van der Waals surface area contributed by atoms with Gasteiger partial charge in [0.1, 0.15) is 10.6 Å². The first-order valence-electron chi connectivity index (χ1n) is 7.63. The Morgan fingerprint density at radius 1 is 1.28 bits per heavy atom. The van der Waals surface area contributed by atoms with Crippen molar-refractivity contribution in [1.82, 2.24) is 0 Å². The van der Waals surface area contributed by atoms with Crippen molar-refractivity contribution in [3.63, 3.8) is 0 Å². The zero-order valence-electron chi connectivity index (χ0n) is 14.1. The van der Waals surface area contributed by atoms with Crippen molar-refractivity contribution in [2.24, 2.45) is 0 Å². The molecule has 0 bridgehead atoms. The molecule has 0 aliphatic heterocycles. The highest BCUT2D eigenvalue weighted by Gasteiger charge is 2.24. The highest BCUT2D eigenvalue weighted by Crippen LogP contribution is 2.34. The minimum atomic E-state index is -0.700. The fraction of sp³-hybridized carbons (Fsp3) is 0.294. The molecule has 25 heavy (non-hydrogen) atoms. The summed E-state index contributed by atoms with van der Waals surface area (Å²) in [6.07, 6.45) is 0.113. The number of carbonyl (C=O) groups is 2. The summed E-state index contributed by atoms with van der Waals surface area (Å²) in [6.45, 7) is 5.61. The van der Waals surface area contributed by atoms with Gasteiger partial charge in [-0.1, -0.05) is 23.8 Å². The third-order valence-corrected chi connectivity index (χ3v) is 4.51. The van der Waals surface area contributed by atoms with E-state index < -0.39 is 10.9 Å². The molecule has 1 amide bonds. The minimum Gasteiger partial charge on any atom is -0.462 e. The van der Waals surface area contributed by atoms with Crippen LogP contribution in [-0.4, -0.2) is 23.4 Å². The number of rotatable bonds is 6. The van der Waals surface area contributed by atoms with Crippen molar-refractivity contribution < 1.29 is 19.2 Å². The molecule has 1 heterocycles. The number of amides is 1. The van der Waals surface area contributed by atoms with E-state index in [9.17, 15) is 19.7 Å². The van der Waals surface area contributed by atoms with Crippen LogP contribution in [0.15, 0.2) is 24.3 Å². The number of hydrogen-bond donors (Lipinski definition) is 1. The van der Waals surface area contributed by atoms with Gasteiger partial charge in [0.05, 0.1) is 18.0 Å². The highest BCUT2D eigenvalue weighted by molar-refractivity contribution is 7.19. The predicted molar refractivity (Wildman–Crippen MR) is 95.2 cm³/mol. The molecule has 2 rings (SSSR count). The lowest BCUT2D eigenvalue weighted by atomic mass is 10.0. The molecule has 0 fully saturated rings. The van der Waals surface area contributed by atoms with Crippen LogP contribution in [0.3, 0.4) is 0 Å². The molecule has 132 valence electrons. The Hall–Kier alpha value is -2.74. The van der Waals surface area contributed by atoms with Crippen molar-refractivity contribution in [3.05, 3.63) is 56.6 Å². The van der Waals surface area contributed by atoms with Gasteiger partial charge < -0.3 is 10.1 Å². The summed E-state index contributed by atoms with van der Waals surface area (Å²) in [5.74, 6) is -1.05. The van der Waals surface area contributed by atoms with Gasteiger partial charge in [0.25, 0.3) is 0 Å². The maximum Gasteiger partial charge on any atom is 0.341 e. The van der Waals surface area contributed by atoms with E-state index in [1.807, 2.05) is 32.0 Å². The van der Waals surface area contributed by atoms with Crippen molar-refractivity contribution in [1.29, 1.82) is 0 Å². The SMILES string of the molecule is CCOC(=O)c1cc([N+](=O)[O-])sc1NC(=O)Cc1cc(C)ccc1C. The van der Waals surface area contributed by atoms with Gasteiger partial charge >= 0.3 is 11.0 Å². The number of anilines is 1. The predicted octanol–water partition coefficient (Wildman–Crippen LogP) is 3.63. The Kier molecular flexibility index (Phi) is 5.87. The number of ether oxygens (including phenoxy) is 1. The van der Waals surface area contributed by atoms with Gasteiger partial charge in [0.2, 0.25) is 5.91 Å². The van der Waals surface area contributed by atoms with Crippen molar-refractivity contribution >= 4 is 33.2 Å². The Morgan fingerprint density at radius 2 is 2.00 bits per heavy atom. The molecule has 0 aliphatic rings. The number of carbonyl (C=O) groups excluding carboxylic acids is 2. The summed E-state index contributed by atoms with van der Waals surface area (Å²) < 4.78 is 4.89. The molecule has 0 unspecified atom stereocenters. The van der Waals surface area contributed by atoms with E-state index in [-0.39, 0.29) is 34.5 Å². The lowest BCUT2D eigenvalue weighted by Crippen LogP contribution is -2.16. The van der Waals surface area contributed by atoms with Crippen LogP contribution in [0.2, 0.25) is 0 Å². The first-order chi connectivity index (χ1) is 11.8. The van der Waals surface area contributed by atoms with Gasteiger partial charge in [-0.15, -0.1) is 0 Å². The third kappa shape index (κ3) is 4.63. The molecule has 8 heteroatoms. The van der Waals surface area contributed by atoms with Gasteiger partial charge in [-0.2, -0.15) is 0 Å². The molecule has 1 aromatic heterocycles. The van der Waals surface area contributed by atoms with Crippen LogP contribution in [0.1, 0.15) is 34.0 Å². The monoisotopic (exact) mass is 362 g/mol. The number of esters is 1. The first kappa shape index (κ1) is 18.6. The first-order valence-corrected chi connectivity index (χ1v) is 8.44. The molecule has 2 aromatic rings. The fourth-order valence-corrected chi connectivity index (χ4v) is 3.13. The summed E-state index contributed by atoms with van der Waals surface area (Å²) in [4.78, 5) is 34.6. The lowest BCUT2D eigenvalue weighted by Gasteiger charge is -2.08. The molecule has 0 spiro atoms. The Labute approximate surface area is 148 Å². The van der Waals surface area contributed by atoms with Crippen LogP contribution in [0.4, 0.5) is 10.0 Å². The molecular formula is C17H18N2O5S. The quantitative estimate of drug-likeness (QED) is 0.481. The van der Waals surface area contributed by atoms with Crippen LogP contribution < -0.4 is 5.32 Å². The second kappa shape index (κ2) is 7.89. The van der Waals surface area contributed by atoms with E-state index in [1.54, 1.807) is 6.92 Å². The maximum atomic E-state index is 12.3. The second-order valence-electron chi connectivity index (χ2n) is 5.46. The summed E-state index contributed by atoms with van der Waals surface area (Å²) >= 11 is 0.736. The maximum absolute atomic E-state index is 12.3. The van der Waals surface area contributed by atoms with Gasteiger partial charge in [-0.05, 0) is 43.2 Å². The summed E-state index contributed by atoms with van der Waals surface area (Å²) in [6, 6.07) is 6.92. The number of nitrogens with zero attached hydrogens (tertiary/aromatic N) is 1. The number of thiophene rings is 1. The van der Waals surface area contributed by atoms with E-state index in [0.29, 0.717) is 0 Å². The van der Waals surface area contributed by atoms with E-state index in [4.69, 9.17) is 4.74 Å². The third-order valence-electron chi connectivity index (χ3n) is 3.50. The Bertz CT molecular complexity index is 828. The molecule has 0 saturated carbocycles. The molecule has 0 saturated heterocycles. The van der Waals surface area contributed by atoms with Crippen LogP contribution in [-0.2, 0) is 16.0 Å². The van der Waals surface area contributed by atoms with Gasteiger partial charge in [0, 0.05) is 6.07 Å². The Morgan fingerprint density at radius 3 is 2.64 bits per heavy atom. The molecule has 0 atom stereocenters. The summed E-state index contributed by atoms with van der Waals surface area (Å²) in [5.41, 5.74) is 2.87. The molecule has 0 radical (unpaired) electrons. The lowest BCUT2D eigenvalue weighted by molar-refractivity contribution is -0.380. The summed E-state index contributed by atoms with van der Waals surface area (Å²) in [5, 5.41) is 13.4. The topological polar surface area (TPSA) is 98.5 Å². The molecular weight excluding hydrogens is 344 g/mol. The van der Waals surface area contributed by atoms with Crippen LogP contribution in [0.5, 0.6) is 0 Å². The number of aryl methyl sites for hydroxylation is 2. The number of nitro groups is 1. The van der Waals surface area contributed by atoms with Crippen LogP contribution >= 0.6 is 11.3 Å². The number of benzene rings is 1. The van der Waals surface area contributed by atoms with Crippen molar-refractivity contribution in [2.45, 2.75) is 27.2 Å². The standard InChI is InChI=1S/C17H18N2O5S/c1-4-24-17(21)13-9-15(19(22)23)25-16(13)18-14(20)8-12-7-10(2)5-6-11(12)3/h5-7,9H,4,8H2,1-3H3,(H,18,20). The van der Waals surface area contributed by atoms with E-state index >= 15 is 0 Å². The van der Waals surface area contributed by atoms with E-state index in [2.05, 4.69) is 5.32 Å². The zero-order chi connectivity index (χ0) is 18.6. The highest BCUT2D eigenvalue weighted by atomic mass is 32.1. The molecule has 7 nitrogen and oxygen atoms in total. The minimum absolute atomic E-state index is 0.00661. The smallest absolute Gasteiger partial charge is 0.341 e. The Balaban J connectivity index is 2.23. The van der Waals surface area contributed by atoms with Crippen LogP contribution in [0.25, 0.3) is 0 Å². The molecule has 1 aromatic carbocycles. The average Bonchev–Trinajstić information content (AvgIpc) is 2.95. The van der Waals surface area contributed by atoms with Crippen molar-refractivity contribution in [2.75, 3.05) is 11.9 Å².